The van der Waals surface area contributed by atoms with Crippen molar-refractivity contribution < 1.29 is 4.79 Å². The summed E-state index contributed by atoms with van der Waals surface area (Å²) < 4.78 is 0. The summed E-state index contributed by atoms with van der Waals surface area (Å²) in [6, 6.07) is 8.39. The summed E-state index contributed by atoms with van der Waals surface area (Å²) in [5, 5.41) is 3.27. The zero-order valence-electron chi connectivity index (χ0n) is 11.4. The number of anilines is 1. The lowest BCUT2D eigenvalue weighted by atomic mass is 10.2. The van der Waals surface area contributed by atoms with Crippen molar-refractivity contribution in [3.05, 3.63) is 29.8 Å². The molecule has 0 aromatic heterocycles. The lowest BCUT2D eigenvalue weighted by molar-refractivity contribution is -0.130. The number of nitrogens with zero attached hydrogens (tertiary/aromatic N) is 2. The van der Waals surface area contributed by atoms with E-state index in [2.05, 4.69) is 28.4 Å². The first-order valence-electron chi connectivity index (χ1n) is 6.66. The summed E-state index contributed by atoms with van der Waals surface area (Å²) in [5.74, 6) is 0.258. The van der Waals surface area contributed by atoms with Crippen LogP contribution in [0.3, 0.4) is 0 Å². The Morgan fingerprint density at radius 1 is 1.10 bits per heavy atom. The Kier molecular flexibility index (Phi) is 6.59. The maximum atomic E-state index is 12.2. The van der Waals surface area contributed by atoms with Gasteiger partial charge in [0.1, 0.15) is 0 Å². The van der Waals surface area contributed by atoms with E-state index < -0.39 is 0 Å². The summed E-state index contributed by atoms with van der Waals surface area (Å²) in [4.78, 5) is 16.4. The van der Waals surface area contributed by atoms with Crippen LogP contribution in [-0.2, 0) is 11.2 Å². The Labute approximate surface area is 132 Å². The summed E-state index contributed by atoms with van der Waals surface area (Å²) in [7, 11) is 0. The fourth-order valence-corrected chi connectivity index (χ4v) is 2.75. The molecule has 1 fully saturated rings. The maximum absolute atomic E-state index is 12.2. The third-order valence-electron chi connectivity index (χ3n) is 3.78. The lowest BCUT2D eigenvalue weighted by Gasteiger charge is -2.29. The Balaban J connectivity index is 0.000001000. The molecular formula is C14H21Cl2N3O. The number of amides is 1. The monoisotopic (exact) mass is 317 g/mol. The summed E-state index contributed by atoms with van der Waals surface area (Å²) in [6.07, 6.45) is 1.06. The zero-order valence-corrected chi connectivity index (χ0v) is 13.0. The molecule has 112 valence electrons. The Bertz CT molecular complexity index is 450. The summed E-state index contributed by atoms with van der Waals surface area (Å²) >= 11 is 0. The number of benzene rings is 1. The highest BCUT2D eigenvalue weighted by Gasteiger charge is 2.23. The lowest BCUT2D eigenvalue weighted by Crippen LogP contribution is -2.49. The van der Waals surface area contributed by atoms with Crippen molar-refractivity contribution in [3.63, 3.8) is 0 Å². The van der Waals surface area contributed by atoms with Crippen LogP contribution in [0.25, 0.3) is 0 Å². The maximum Gasteiger partial charge on any atom is 0.242 e. The van der Waals surface area contributed by atoms with Crippen molar-refractivity contribution in [2.24, 2.45) is 0 Å². The second kappa shape index (κ2) is 7.72. The van der Waals surface area contributed by atoms with Gasteiger partial charge in [-0.05, 0) is 18.1 Å². The molecule has 1 N–H and O–H groups in total. The minimum absolute atomic E-state index is 0. The minimum Gasteiger partial charge on any atom is -0.362 e. The number of para-hydroxylation sites is 1. The number of carbonyl (C=O) groups is 1. The van der Waals surface area contributed by atoms with E-state index in [1.807, 2.05) is 11.0 Å². The quantitative estimate of drug-likeness (QED) is 0.893. The summed E-state index contributed by atoms with van der Waals surface area (Å²) in [6.45, 7) is 5.02. The molecule has 0 unspecified atom stereocenters. The van der Waals surface area contributed by atoms with E-state index >= 15 is 0 Å². The van der Waals surface area contributed by atoms with Gasteiger partial charge in [0.05, 0.1) is 6.54 Å². The fourth-order valence-electron chi connectivity index (χ4n) is 2.75. The molecule has 2 heterocycles. The predicted molar refractivity (Wildman–Crippen MR) is 86.3 cm³/mol. The number of carbonyl (C=O) groups excluding carboxylic acids is 1. The molecule has 20 heavy (non-hydrogen) atoms. The van der Waals surface area contributed by atoms with Gasteiger partial charge in [0, 0.05) is 38.4 Å². The molecule has 0 atom stereocenters. The van der Waals surface area contributed by atoms with E-state index in [4.69, 9.17) is 0 Å². The van der Waals surface area contributed by atoms with Crippen molar-refractivity contribution in [2.75, 3.05) is 44.2 Å². The van der Waals surface area contributed by atoms with Crippen LogP contribution in [-0.4, -0.2) is 50.1 Å². The second-order valence-electron chi connectivity index (χ2n) is 4.93. The highest BCUT2D eigenvalue weighted by atomic mass is 35.5. The molecule has 1 saturated heterocycles. The molecular weight excluding hydrogens is 297 g/mol. The molecule has 0 spiro atoms. The van der Waals surface area contributed by atoms with Crippen molar-refractivity contribution in [3.8, 4) is 0 Å². The van der Waals surface area contributed by atoms with E-state index in [9.17, 15) is 4.79 Å². The van der Waals surface area contributed by atoms with Crippen LogP contribution in [0, 0.1) is 0 Å². The molecule has 2 aliphatic rings. The van der Waals surface area contributed by atoms with Crippen molar-refractivity contribution >= 4 is 36.4 Å². The second-order valence-corrected chi connectivity index (χ2v) is 4.93. The molecule has 0 saturated carbocycles. The molecule has 1 aromatic rings. The third-order valence-corrected chi connectivity index (χ3v) is 3.78. The topological polar surface area (TPSA) is 35.6 Å². The number of halogens is 2. The molecule has 4 nitrogen and oxygen atoms in total. The van der Waals surface area contributed by atoms with E-state index in [-0.39, 0.29) is 30.7 Å². The van der Waals surface area contributed by atoms with Crippen LogP contribution in [0.4, 0.5) is 5.69 Å². The van der Waals surface area contributed by atoms with Gasteiger partial charge >= 0.3 is 0 Å². The Morgan fingerprint density at radius 2 is 1.80 bits per heavy atom. The largest absolute Gasteiger partial charge is 0.362 e. The van der Waals surface area contributed by atoms with Crippen LogP contribution in [0.2, 0.25) is 0 Å². The minimum atomic E-state index is 0. The predicted octanol–water partition coefficient (Wildman–Crippen LogP) is 1.32. The van der Waals surface area contributed by atoms with Crippen LogP contribution in [0.5, 0.6) is 0 Å². The number of fused-ring (bicyclic) bond motifs is 1. The van der Waals surface area contributed by atoms with Gasteiger partial charge in [-0.25, -0.2) is 0 Å². The van der Waals surface area contributed by atoms with Gasteiger partial charge in [-0.1, -0.05) is 18.2 Å². The van der Waals surface area contributed by atoms with Gasteiger partial charge in [-0.3, -0.25) is 4.79 Å². The van der Waals surface area contributed by atoms with Crippen LogP contribution in [0.15, 0.2) is 24.3 Å². The van der Waals surface area contributed by atoms with Crippen LogP contribution >= 0.6 is 24.8 Å². The van der Waals surface area contributed by atoms with Gasteiger partial charge < -0.3 is 15.1 Å². The van der Waals surface area contributed by atoms with E-state index in [1.54, 1.807) is 0 Å². The Morgan fingerprint density at radius 3 is 2.55 bits per heavy atom. The normalized spacial score (nSPS) is 17.0. The molecule has 1 aromatic carbocycles. The molecule has 2 aliphatic heterocycles. The first kappa shape index (κ1) is 17.1. The van der Waals surface area contributed by atoms with Gasteiger partial charge in [-0.2, -0.15) is 0 Å². The number of piperazine rings is 1. The van der Waals surface area contributed by atoms with E-state index in [1.165, 1.54) is 11.3 Å². The average molecular weight is 318 g/mol. The molecule has 0 bridgehead atoms. The number of hydrogen-bond acceptors (Lipinski definition) is 3. The van der Waals surface area contributed by atoms with Gasteiger partial charge in [0.25, 0.3) is 0 Å². The zero-order chi connectivity index (χ0) is 12.4. The first-order chi connectivity index (χ1) is 8.84. The average Bonchev–Trinajstić information content (AvgIpc) is 2.83. The van der Waals surface area contributed by atoms with Crippen molar-refractivity contribution in [2.45, 2.75) is 6.42 Å². The van der Waals surface area contributed by atoms with Crippen LogP contribution in [0.1, 0.15) is 5.56 Å². The van der Waals surface area contributed by atoms with E-state index in [0.29, 0.717) is 6.54 Å². The number of rotatable bonds is 2. The van der Waals surface area contributed by atoms with Gasteiger partial charge in [0.2, 0.25) is 5.91 Å². The molecule has 0 radical (unpaired) electrons. The third kappa shape index (κ3) is 3.57. The van der Waals surface area contributed by atoms with E-state index in [0.717, 1.165) is 39.1 Å². The number of nitrogens with one attached hydrogen (secondary N) is 1. The van der Waals surface area contributed by atoms with Crippen molar-refractivity contribution in [1.82, 2.24) is 10.2 Å². The smallest absolute Gasteiger partial charge is 0.242 e. The highest BCUT2D eigenvalue weighted by Crippen LogP contribution is 2.27. The summed E-state index contributed by atoms with van der Waals surface area (Å²) in [5.41, 5.74) is 2.60. The molecule has 6 heteroatoms. The van der Waals surface area contributed by atoms with Gasteiger partial charge in [0.15, 0.2) is 0 Å². The Hall–Kier alpha value is -0.970. The molecule has 0 aliphatic carbocycles. The molecule has 3 rings (SSSR count). The fraction of sp³-hybridized carbons (Fsp3) is 0.500. The van der Waals surface area contributed by atoms with Gasteiger partial charge in [-0.15, -0.1) is 24.8 Å². The first-order valence-corrected chi connectivity index (χ1v) is 6.66. The van der Waals surface area contributed by atoms with Crippen molar-refractivity contribution in [1.29, 1.82) is 0 Å². The molecule has 1 amide bonds. The highest BCUT2D eigenvalue weighted by molar-refractivity contribution is 5.85. The standard InChI is InChI=1S/C14H19N3O.2ClH/c18-14(16-9-6-15-7-10-16)11-17-8-5-12-3-1-2-4-13(12)17;;/h1-4,15H,5-11H2;2*1H. The SMILES string of the molecule is Cl.Cl.O=C(CN1CCc2ccccc21)N1CCNCC1. The number of hydrogen-bond donors (Lipinski definition) is 1. The van der Waals surface area contributed by atoms with Crippen LogP contribution < -0.4 is 10.2 Å².